The largest absolute Gasteiger partial charge is 0.465 e. The minimum Gasteiger partial charge on any atom is -0.465 e. The van der Waals surface area contributed by atoms with E-state index in [1.54, 1.807) is 35.8 Å². The summed E-state index contributed by atoms with van der Waals surface area (Å²) in [5, 5.41) is 0. The molecule has 0 radical (unpaired) electrons. The molecule has 0 aliphatic heterocycles. The van der Waals surface area contributed by atoms with Crippen LogP contribution in [-0.4, -0.2) is 26.1 Å². The summed E-state index contributed by atoms with van der Waals surface area (Å²) < 4.78 is 35.3. The number of carbonyl (C=O) groups excluding carboxylic acids is 1. The van der Waals surface area contributed by atoms with Gasteiger partial charge in [-0.25, -0.2) is 13.2 Å². The number of nitrogens with zero attached hydrogens (tertiary/aromatic N) is 1. The fourth-order valence-electron chi connectivity index (χ4n) is 2.93. The van der Waals surface area contributed by atoms with E-state index in [9.17, 15) is 18.0 Å². The molecule has 1 N–H and O–H groups in total. The first kappa shape index (κ1) is 20.1. The van der Waals surface area contributed by atoms with Crippen LogP contribution in [0.15, 0.2) is 46.1 Å². The van der Waals surface area contributed by atoms with E-state index >= 15 is 0 Å². The smallest absolute Gasteiger partial charge is 0.337 e. The van der Waals surface area contributed by atoms with E-state index in [0.717, 1.165) is 16.9 Å². The van der Waals surface area contributed by atoms with Crippen LogP contribution in [0.5, 0.6) is 0 Å². The summed E-state index contributed by atoms with van der Waals surface area (Å²) in [6.45, 7) is 5.48. The van der Waals surface area contributed by atoms with Gasteiger partial charge in [0.1, 0.15) is 0 Å². The zero-order valence-electron chi connectivity index (χ0n) is 15.8. The highest BCUT2D eigenvalue weighted by molar-refractivity contribution is 7.92. The van der Waals surface area contributed by atoms with Crippen LogP contribution in [0.3, 0.4) is 0 Å². The van der Waals surface area contributed by atoms with Crippen LogP contribution in [0.1, 0.15) is 35.8 Å². The maximum Gasteiger partial charge on any atom is 0.337 e. The van der Waals surface area contributed by atoms with Crippen LogP contribution in [0.4, 0.5) is 5.69 Å². The molecule has 0 saturated heterocycles. The highest BCUT2D eigenvalue weighted by Gasteiger charge is 2.20. The summed E-state index contributed by atoms with van der Waals surface area (Å²) in [6.07, 6.45) is 0. The summed E-state index contributed by atoms with van der Waals surface area (Å²) in [5.74, 6) is -0.613. The molecule has 9 heteroatoms. The zero-order chi connectivity index (χ0) is 20.6. The SMILES string of the molecule is COC(=O)c1ccc(C)c(S(=O)(=O)Nc2ccc3c(c2)sc(=O)n3C(C)C)c1. The lowest BCUT2D eigenvalue weighted by molar-refractivity contribution is 0.0600. The van der Waals surface area contributed by atoms with Crippen LogP contribution in [-0.2, 0) is 14.8 Å². The molecule has 3 aromatic rings. The van der Waals surface area contributed by atoms with Gasteiger partial charge in [0.05, 0.1) is 33.5 Å². The molecular formula is C19H20N2O5S2. The van der Waals surface area contributed by atoms with E-state index in [2.05, 4.69) is 9.46 Å². The fraction of sp³-hybridized carbons (Fsp3) is 0.263. The van der Waals surface area contributed by atoms with Crippen LogP contribution in [0.25, 0.3) is 10.2 Å². The summed E-state index contributed by atoms with van der Waals surface area (Å²) in [6, 6.07) is 9.34. The van der Waals surface area contributed by atoms with Crippen molar-refractivity contribution in [2.45, 2.75) is 31.7 Å². The monoisotopic (exact) mass is 420 g/mol. The molecule has 148 valence electrons. The number of ether oxygens (including phenoxy) is 1. The number of thiazole rings is 1. The molecule has 0 unspecified atom stereocenters. The Morgan fingerprint density at radius 2 is 1.89 bits per heavy atom. The number of nitrogens with one attached hydrogen (secondary N) is 1. The fourth-order valence-corrected chi connectivity index (χ4v) is 5.31. The Morgan fingerprint density at radius 3 is 2.54 bits per heavy atom. The number of carbonyl (C=O) groups is 1. The van der Waals surface area contributed by atoms with Crippen LogP contribution in [0, 0.1) is 6.92 Å². The van der Waals surface area contributed by atoms with Crippen molar-refractivity contribution < 1.29 is 17.9 Å². The minimum atomic E-state index is -3.93. The molecule has 0 aliphatic rings. The molecule has 1 heterocycles. The van der Waals surface area contributed by atoms with Gasteiger partial charge in [0.25, 0.3) is 10.0 Å². The second kappa shape index (κ2) is 7.40. The third kappa shape index (κ3) is 3.67. The van der Waals surface area contributed by atoms with Gasteiger partial charge in [-0.2, -0.15) is 0 Å². The molecule has 2 aromatic carbocycles. The predicted molar refractivity (Wildman–Crippen MR) is 110 cm³/mol. The third-order valence-electron chi connectivity index (χ3n) is 4.28. The van der Waals surface area contributed by atoms with Gasteiger partial charge in [0.15, 0.2) is 0 Å². The molecule has 0 saturated carbocycles. The first-order valence-electron chi connectivity index (χ1n) is 8.51. The minimum absolute atomic E-state index is 0.00695. The highest BCUT2D eigenvalue weighted by Crippen LogP contribution is 2.26. The number of hydrogen-bond donors (Lipinski definition) is 1. The van der Waals surface area contributed by atoms with Crippen molar-refractivity contribution in [3.63, 3.8) is 0 Å². The lowest BCUT2D eigenvalue weighted by atomic mass is 10.1. The number of aromatic nitrogens is 1. The van der Waals surface area contributed by atoms with E-state index in [-0.39, 0.29) is 21.4 Å². The Labute approximate surface area is 166 Å². The molecule has 3 rings (SSSR count). The van der Waals surface area contributed by atoms with Crippen LogP contribution >= 0.6 is 11.3 Å². The number of rotatable bonds is 5. The number of esters is 1. The van der Waals surface area contributed by atoms with Gasteiger partial charge in [-0.3, -0.25) is 14.1 Å². The summed E-state index contributed by atoms with van der Waals surface area (Å²) >= 11 is 1.07. The molecular weight excluding hydrogens is 400 g/mol. The average Bonchev–Trinajstić information content (AvgIpc) is 2.96. The zero-order valence-corrected chi connectivity index (χ0v) is 17.5. The number of aryl methyl sites for hydroxylation is 1. The van der Waals surface area contributed by atoms with Gasteiger partial charge in [-0.05, 0) is 56.7 Å². The molecule has 0 aliphatic carbocycles. The molecule has 0 fully saturated rings. The van der Waals surface area contributed by atoms with E-state index in [4.69, 9.17) is 0 Å². The molecule has 0 spiro atoms. The molecule has 0 amide bonds. The molecule has 7 nitrogen and oxygen atoms in total. The van der Waals surface area contributed by atoms with E-state index < -0.39 is 16.0 Å². The van der Waals surface area contributed by atoms with E-state index in [1.807, 2.05) is 13.8 Å². The number of methoxy groups -OCH3 is 1. The Hall–Kier alpha value is -2.65. The number of fused-ring (bicyclic) bond motifs is 1. The van der Waals surface area contributed by atoms with Gasteiger partial charge in [0.2, 0.25) is 0 Å². The normalized spacial score (nSPS) is 11.8. The number of sulfonamides is 1. The standard InChI is InChI=1S/C19H20N2O5S2/c1-11(2)21-15-8-7-14(10-16(15)27-19(21)23)20-28(24,25)17-9-13(18(22)26-4)6-5-12(17)3/h5-11,20H,1-4H3. The Morgan fingerprint density at radius 1 is 1.18 bits per heavy atom. The first-order chi connectivity index (χ1) is 13.1. The maximum absolute atomic E-state index is 12.9. The summed E-state index contributed by atoms with van der Waals surface area (Å²) in [5.41, 5.74) is 1.75. The van der Waals surface area contributed by atoms with Crippen molar-refractivity contribution in [2.24, 2.45) is 0 Å². The summed E-state index contributed by atoms with van der Waals surface area (Å²) in [7, 11) is -2.70. The molecule has 0 atom stereocenters. The molecule has 28 heavy (non-hydrogen) atoms. The van der Waals surface area contributed by atoms with Gasteiger partial charge in [0, 0.05) is 6.04 Å². The van der Waals surface area contributed by atoms with Crippen molar-refractivity contribution in [3.8, 4) is 0 Å². The first-order valence-corrected chi connectivity index (χ1v) is 10.8. The third-order valence-corrected chi connectivity index (χ3v) is 6.72. The van der Waals surface area contributed by atoms with Crippen LogP contribution in [0.2, 0.25) is 0 Å². The molecule has 0 bridgehead atoms. The van der Waals surface area contributed by atoms with Crippen LogP contribution < -0.4 is 9.60 Å². The van der Waals surface area contributed by atoms with Crippen molar-refractivity contribution in [2.75, 3.05) is 11.8 Å². The summed E-state index contributed by atoms with van der Waals surface area (Å²) in [4.78, 5) is 23.8. The average molecular weight is 421 g/mol. The molecule has 1 aromatic heterocycles. The van der Waals surface area contributed by atoms with Crippen molar-refractivity contribution in [1.82, 2.24) is 4.57 Å². The van der Waals surface area contributed by atoms with Crippen molar-refractivity contribution in [3.05, 3.63) is 57.2 Å². The van der Waals surface area contributed by atoms with Gasteiger partial charge in [-0.1, -0.05) is 17.4 Å². The Kier molecular flexibility index (Phi) is 5.31. The van der Waals surface area contributed by atoms with Gasteiger partial charge in [-0.15, -0.1) is 0 Å². The lowest BCUT2D eigenvalue weighted by Gasteiger charge is -2.12. The van der Waals surface area contributed by atoms with Crippen molar-refractivity contribution in [1.29, 1.82) is 0 Å². The topological polar surface area (TPSA) is 94.5 Å². The highest BCUT2D eigenvalue weighted by atomic mass is 32.2. The number of benzene rings is 2. The maximum atomic E-state index is 12.9. The van der Waals surface area contributed by atoms with Crippen molar-refractivity contribution >= 4 is 43.2 Å². The number of anilines is 1. The Bertz CT molecular complexity index is 1220. The van der Waals surface area contributed by atoms with Gasteiger partial charge >= 0.3 is 10.8 Å². The number of hydrogen-bond acceptors (Lipinski definition) is 6. The Balaban J connectivity index is 2.01. The second-order valence-electron chi connectivity index (χ2n) is 6.59. The van der Waals surface area contributed by atoms with E-state index in [1.165, 1.54) is 19.2 Å². The lowest BCUT2D eigenvalue weighted by Crippen LogP contribution is -2.16. The second-order valence-corrected chi connectivity index (χ2v) is 9.24. The predicted octanol–water partition coefficient (Wildman–Crippen LogP) is 3.54. The van der Waals surface area contributed by atoms with E-state index in [0.29, 0.717) is 16.0 Å². The van der Waals surface area contributed by atoms with Gasteiger partial charge < -0.3 is 4.74 Å². The quantitative estimate of drug-likeness (QED) is 0.637.